The SMILES string of the molecule is O=C(Nc1ccc(-c2csc(NC(=O)c3ccc([N+](=O)[O-])o3)n2)cc1)c1ccc([N+](=O)[O-])o1. The first-order valence-electron chi connectivity index (χ1n) is 8.97. The van der Waals surface area contributed by atoms with E-state index < -0.39 is 33.4 Å². The van der Waals surface area contributed by atoms with Gasteiger partial charge in [-0.1, -0.05) is 12.1 Å². The second-order valence-corrected chi connectivity index (χ2v) is 7.17. The summed E-state index contributed by atoms with van der Waals surface area (Å²) in [7, 11) is 0. The predicted octanol–water partition coefficient (Wildman–Crippen LogP) is 4.32. The summed E-state index contributed by atoms with van der Waals surface area (Å²) in [6, 6.07) is 11.1. The summed E-state index contributed by atoms with van der Waals surface area (Å²) in [5, 5.41) is 28.3. The molecule has 4 rings (SSSR count). The lowest BCUT2D eigenvalue weighted by atomic mass is 10.1. The fourth-order valence-corrected chi connectivity index (χ4v) is 3.35. The summed E-state index contributed by atoms with van der Waals surface area (Å²) < 4.78 is 9.71. The Kier molecular flexibility index (Phi) is 5.65. The summed E-state index contributed by atoms with van der Waals surface area (Å²) in [5.74, 6) is -2.83. The molecule has 0 saturated carbocycles. The van der Waals surface area contributed by atoms with Gasteiger partial charge in [-0.3, -0.25) is 35.1 Å². The second kappa shape index (κ2) is 8.72. The zero-order valence-corrected chi connectivity index (χ0v) is 17.0. The Hall–Kier alpha value is -4.85. The Labute approximate surface area is 187 Å². The third-order valence-corrected chi connectivity index (χ3v) is 4.91. The minimum Gasteiger partial charge on any atom is -0.395 e. The average molecular weight is 469 g/mol. The number of anilines is 2. The number of furan rings is 2. The van der Waals surface area contributed by atoms with Crippen LogP contribution in [-0.2, 0) is 0 Å². The number of rotatable bonds is 7. The van der Waals surface area contributed by atoms with Gasteiger partial charge in [0.25, 0.3) is 11.8 Å². The maximum atomic E-state index is 12.2. The van der Waals surface area contributed by atoms with Crippen molar-refractivity contribution in [2.24, 2.45) is 0 Å². The van der Waals surface area contributed by atoms with E-state index in [-0.39, 0.29) is 16.7 Å². The molecule has 1 aromatic carbocycles. The van der Waals surface area contributed by atoms with Gasteiger partial charge >= 0.3 is 11.8 Å². The van der Waals surface area contributed by atoms with Crippen LogP contribution in [0.1, 0.15) is 21.1 Å². The standard InChI is InChI=1S/C19H11N5O8S/c25-17(13-5-7-15(31-13)23(27)28)20-11-3-1-10(2-4-11)12-9-33-19(21-12)22-18(26)14-6-8-16(32-14)24(29)30/h1-9H,(H,20,25)(H,21,22,26). The largest absolute Gasteiger partial charge is 0.433 e. The number of hydrogen-bond acceptors (Lipinski definition) is 10. The number of nitrogens with zero attached hydrogens (tertiary/aromatic N) is 3. The topological polar surface area (TPSA) is 184 Å². The van der Waals surface area contributed by atoms with E-state index in [0.29, 0.717) is 16.9 Å². The maximum absolute atomic E-state index is 12.2. The lowest BCUT2D eigenvalue weighted by Crippen LogP contribution is -2.10. The lowest BCUT2D eigenvalue weighted by Gasteiger charge is -2.04. The molecular formula is C19H11N5O8S. The summed E-state index contributed by atoms with van der Waals surface area (Å²) in [6.07, 6.45) is 0. The van der Waals surface area contributed by atoms with E-state index in [2.05, 4.69) is 15.6 Å². The molecule has 166 valence electrons. The first-order valence-corrected chi connectivity index (χ1v) is 9.85. The van der Waals surface area contributed by atoms with Crippen molar-refractivity contribution in [2.45, 2.75) is 0 Å². The number of nitro groups is 2. The van der Waals surface area contributed by atoms with Crippen molar-refractivity contribution < 1.29 is 28.3 Å². The molecule has 0 unspecified atom stereocenters. The molecule has 0 aliphatic carbocycles. The number of nitrogens with one attached hydrogen (secondary N) is 2. The zero-order chi connectivity index (χ0) is 23.5. The summed E-state index contributed by atoms with van der Waals surface area (Å²) in [5.41, 5.74) is 1.65. The molecule has 3 aromatic heterocycles. The van der Waals surface area contributed by atoms with Crippen LogP contribution in [0.3, 0.4) is 0 Å². The minimum atomic E-state index is -0.747. The molecule has 0 atom stereocenters. The number of carbonyl (C=O) groups is 2. The number of thiazole rings is 1. The Bertz CT molecular complexity index is 1370. The third-order valence-electron chi connectivity index (χ3n) is 4.15. The average Bonchev–Trinajstić information content (AvgIpc) is 3.54. The van der Waals surface area contributed by atoms with E-state index in [1.54, 1.807) is 29.6 Å². The van der Waals surface area contributed by atoms with Gasteiger partial charge in [0, 0.05) is 16.6 Å². The highest BCUT2D eigenvalue weighted by molar-refractivity contribution is 7.14. The van der Waals surface area contributed by atoms with Crippen LogP contribution >= 0.6 is 11.3 Å². The molecule has 0 spiro atoms. The number of carbonyl (C=O) groups excluding carboxylic acids is 2. The molecule has 3 heterocycles. The highest BCUT2D eigenvalue weighted by Crippen LogP contribution is 2.27. The van der Waals surface area contributed by atoms with Gasteiger partial charge in [0.1, 0.15) is 9.85 Å². The van der Waals surface area contributed by atoms with Crippen molar-refractivity contribution in [3.63, 3.8) is 0 Å². The van der Waals surface area contributed by atoms with Gasteiger partial charge in [0.2, 0.25) is 0 Å². The van der Waals surface area contributed by atoms with E-state index in [4.69, 9.17) is 8.83 Å². The molecule has 13 nitrogen and oxygen atoms in total. The minimum absolute atomic E-state index is 0.201. The van der Waals surface area contributed by atoms with E-state index in [9.17, 15) is 29.8 Å². The van der Waals surface area contributed by atoms with Gasteiger partial charge in [-0.2, -0.15) is 0 Å². The van der Waals surface area contributed by atoms with Crippen LogP contribution in [0.5, 0.6) is 0 Å². The van der Waals surface area contributed by atoms with Crippen molar-refractivity contribution in [1.29, 1.82) is 0 Å². The number of benzene rings is 1. The number of hydrogen-bond donors (Lipinski definition) is 2. The van der Waals surface area contributed by atoms with Crippen LogP contribution in [0.4, 0.5) is 22.6 Å². The van der Waals surface area contributed by atoms with Crippen molar-refractivity contribution in [3.05, 3.63) is 85.7 Å². The van der Waals surface area contributed by atoms with Crippen molar-refractivity contribution in [1.82, 2.24) is 4.98 Å². The van der Waals surface area contributed by atoms with Gasteiger partial charge in [0.05, 0.1) is 17.8 Å². The molecule has 0 aliphatic heterocycles. The molecule has 2 N–H and O–H groups in total. The molecule has 14 heteroatoms. The zero-order valence-electron chi connectivity index (χ0n) is 16.2. The van der Waals surface area contributed by atoms with E-state index in [0.717, 1.165) is 23.5 Å². The van der Waals surface area contributed by atoms with Gasteiger partial charge in [-0.25, -0.2) is 4.98 Å². The second-order valence-electron chi connectivity index (χ2n) is 6.31. The van der Waals surface area contributed by atoms with E-state index in [1.165, 1.54) is 12.1 Å². The summed E-state index contributed by atoms with van der Waals surface area (Å²) in [6.45, 7) is 0. The molecule has 33 heavy (non-hydrogen) atoms. The smallest absolute Gasteiger partial charge is 0.395 e. The van der Waals surface area contributed by atoms with E-state index in [1.807, 2.05) is 0 Å². The Morgan fingerprint density at radius 1 is 0.818 bits per heavy atom. The molecule has 2 amide bonds. The monoisotopic (exact) mass is 469 g/mol. The lowest BCUT2D eigenvalue weighted by molar-refractivity contribution is -0.402. The van der Waals surface area contributed by atoms with Gasteiger partial charge in [-0.15, -0.1) is 11.3 Å². The van der Waals surface area contributed by atoms with Crippen molar-refractivity contribution in [2.75, 3.05) is 10.6 Å². The molecule has 0 saturated heterocycles. The van der Waals surface area contributed by atoms with Crippen LogP contribution in [0.25, 0.3) is 11.3 Å². The van der Waals surface area contributed by atoms with Crippen LogP contribution in [0.2, 0.25) is 0 Å². The van der Waals surface area contributed by atoms with Crippen molar-refractivity contribution in [3.8, 4) is 11.3 Å². The van der Waals surface area contributed by atoms with Gasteiger partial charge in [0.15, 0.2) is 16.7 Å². The van der Waals surface area contributed by atoms with Gasteiger partial charge < -0.3 is 14.2 Å². The highest BCUT2D eigenvalue weighted by atomic mass is 32.1. The summed E-state index contributed by atoms with van der Waals surface area (Å²) >= 11 is 1.14. The quantitative estimate of drug-likeness (QED) is 0.294. The van der Waals surface area contributed by atoms with Crippen LogP contribution in [-0.4, -0.2) is 26.6 Å². The Balaban J connectivity index is 1.39. The highest BCUT2D eigenvalue weighted by Gasteiger charge is 2.19. The maximum Gasteiger partial charge on any atom is 0.433 e. The van der Waals surface area contributed by atoms with Crippen LogP contribution < -0.4 is 10.6 Å². The Morgan fingerprint density at radius 3 is 1.88 bits per heavy atom. The van der Waals surface area contributed by atoms with Crippen molar-refractivity contribution >= 4 is 45.7 Å². The molecule has 0 aliphatic rings. The fourth-order valence-electron chi connectivity index (χ4n) is 2.64. The summed E-state index contributed by atoms with van der Waals surface area (Å²) in [4.78, 5) is 48.4. The third kappa shape index (κ3) is 4.75. The normalized spacial score (nSPS) is 10.5. The van der Waals surface area contributed by atoms with Gasteiger partial charge in [-0.05, 0) is 24.3 Å². The first-order chi connectivity index (χ1) is 15.8. The first kappa shape index (κ1) is 21.4. The molecule has 0 radical (unpaired) electrons. The van der Waals surface area contributed by atoms with Crippen LogP contribution in [0.15, 0.2) is 62.7 Å². The Morgan fingerprint density at radius 2 is 1.36 bits per heavy atom. The number of amides is 2. The fraction of sp³-hybridized carbons (Fsp3) is 0. The number of aromatic nitrogens is 1. The molecule has 4 aromatic rings. The molecular weight excluding hydrogens is 458 g/mol. The predicted molar refractivity (Wildman–Crippen MR) is 114 cm³/mol. The molecule has 0 fully saturated rings. The molecule has 0 bridgehead atoms. The van der Waals surface area contributed by atoms with Crippen LogP contribution in [0, 0.1) is 20.2 Å². The van der Waals surface area contributed by atoms with E-state index >= 15 is 0 Å².